The number of hydrogen-bond donors (Lipinski definition) is 0. The summed E-state index contributed by atoms with van der Waals surface area (Å²) >= 11 is 1.81. The highest BCUT2D eigenvalue weighted by atomic mass is 32.2. The van der Waals surface area contributed by atoms with Crippen molar-refractivity contribution in [3.05, 3.63) is 78.4 Å². The van der Waals surface area contributed by atoms with Crippen molar-refractivity contribution in [2.45, 2.75) is 24.5 Å². The Kier molecular flexibility index (Phi) is 5.53. The molecule has 1 aliphatic rings. The topological polar surface area (TPSA) is 35.5 Å². The SMILES string of the molecule is COCCOC(=O)c1cccc([S+]2c3ccccc3Sc3ccccc32)c1. The highest BCUT2D eigenvalue weighted by Gasteiger charge is 2.38. The lowest BCUT2D eigenvalue weighted by atomic mass is 10.2. The quantitative estimate of drug-likeness (QED) is 0.269. The van der Waals surface area contributed by atoms with Gasteiger partial charge in [0.2, 0.25) is 0 Å². The Morgan fingerprint density at radius 1 is 0.889 bits per heavy atom. The number of esters is 1. The maximum Gasteiger partial charge on any atom is 0.338 e. The normalized spacial score (nSPS) is 12.9. The fourth-order valence-electron chi connectivity index (χ4n) is 2.95. The number of rotatable bonds is 5. The van der Waals surface area contributed by atoms with Crippen LogP contribution in [0.4, 0.5) is 0 Å². The van der Waals surface area contributed by atoms with Gasteiger partial charge in [-0.2, -0.15) is 0 Å². The first-order valence-corrected chi connectivity index (χ1v) is 10.7. The van der Waals surface area contributed by atoms with Crippen molar-refractivity contribution in [3.8, 4) is 0 Å². The molecule has 0 saturated carbocycles. The highest BCUT2D eigenvalue weighted by Crippen LogP contribution is 2.48. The van der Waals surface area contributed by atoms with Crippen molar-refractivity contribution < 1.29 is 14.3 Å². The van der Waals surface area contributed by atoms with Gasteiger partial charge in [-0.3, -0.25) is 0 Å². The Bertz CT molecular complexity index is 926. The fourth-order valence-corrected chi connectivity index (χ4v) is 6.74. The van der Waals surface area contributed by atoms with Crippen LogP contribution in [-0.2, 0) is 20.4 Å². The second kappa shape index (κ2) is 8.21. The van der Waals surface area contributed by atoms with Crippen molar-refractivity contribution in [1.29, 1.82) is 0 Å². The number of carbonyl (C=O) groups is 1. The van der Waals surface area contributed by atoms with Gasteiger partial charge in [-0.25, -0.2) is 4.79 Å². The molecular weight excluding hydrogens is 376 g/mol. The van der Waals surface area contributed by atoms with Gasteiger partial charge >= 0.3 is 5.97 Å². The summed E-state index contributed by atoms with van der Waals surface area (Å²) in [4.78, 5) is 18.6. The van der Waals surface area contributed by atoms with Crippen LogP contribution in [0.15, 0.2) is 97.3 Å². The Balaban J connectivity index is 1.73. The number of methoxy groups -OCH3 is 1. The average molecular weight is 396 g/mol. The van der Waals surface area contributed by atoms with Gasteiger partial charge in [0, 0.05) is 13.2 Å². The Morgan fingerprint density at radius 2 is 1.56 bits per heavy atom. The van der Waals surface area contributed by atoms with Gasteiger partial charge in [0.1, 0.15) is 17.5 Å². The summed E-state index contributed by atoms with van der Waals surface area (Å²) in [5.74, 6) is -0.314. The molecule has 0 fully saturated rings. The maximum atomic E-state index is 12.4. The lowest BCUT2D eigenvalue weighted by molar-refractivity contribution is 0.0388. The van der Waals surface area contributed by atoms with E-state index in [1.165, 1.54) is 19.6 Å². The van der Waals surface area contributed by atoms with Gasteiger partial charge in [0.15, 0.2) is 14.7 Å². The number of carbonyl (C=O) groups excluding carboxylic acids is 1. The number of benzene rings is 3. The molecule has 1 heterocycles. The first-order chi connectivity index (χ1) is 13.3. The number of fused-ring (bicyclic) bond motifs is 2. The van der Waals surface area contributed by atoms with E-state index in [0.717, 1.165) is 4.90 Å². The van der Waals surface area contributed by atoms with E-state index in [-0.39, 0.29) is 23.5 Å². The van der Waals surface area contributed by atoms with Crippen LogP contribution in [0, 0.1) is 0 Å². The monoisotopic (exact) mass is 395 g/mol. The van der Waals surface area contributed by atoms with Gasteiger partial charge in [0.05, 0.1) is 22.0 Å². The third kappa shape index (κ3) is 3.76. The summed E-state index contributed by atoms with van der Waals surface area (Å²) in [5, 5.41) is 0. The van der Waals surface area contributed by atoms with Gasteiger partial charge in [0.25, 0.3) is 0 Å². The molecule has 3 nitrogen and oxygen atoms in total. The molecule has 0 atom stereocenters. The van der Waals surface area contributed by atoms with E-state index in [0.29, 0.717) is 12.2 Å². The average Bonchev–Trinajstić information content (AvgIpc) is 2.72. The molecule has 0 aliphatic carbocycles. The van der Waals surface area contributed by atoms with E-state index in [2.05, 4.69) is 54.6 Å². The zero-order valence-corrected chi connectivity index (χ0v) is 16.5. The van der Waals surface area contributed by atoms with E-state index < -0.39 is 0 Å². The molecule has 0 N–H and O–H groups in total. The van der Waals surface area contributed by atoms with Crippen LogP contribution < -0.4 is 0 Å². The molecular formula is C22H19O3S2+. The minimum Gasteiger partial charge on any atom is -0.460 e. The summed E-state index contributed by atoms with van der Waals surface area (Å²) < 4.78 is 10.2. The van der Waals surface area contributed by atoms with E-state index in [1.807, 2.05) is 12.1 Å². The van der Waals surface area contributed by atoms with Crippen LogP contribution in [0.2, 0.25) is 0 Å². The van der Waals surface area contributed by atoms with Crippen LogP contribution in [-0.4, -0.2) is 26.3 Å². The second-order valence-electron chi connectivity index (χ2n) is 5.96. The van der Waals surface area contributed by atoms with Crippen molar-refractivity contribution in [1.82, 2.24) is 0 Å². The van der Waals surface area contributed by atoms with Crippen molar-refractivity contribution in [2.24, 2.45) is 0 Å². The first-order valence-electron chi connectivity index (χ1n) is 8.64. The number of ether oxygens (including phenoxy) is 2. The van der Waals surface area contributed by atoms with Gasteiger partial charge < -0.3 is 9.47 Å². The predicted molar refractivity (Wildman–Crippen MR) is 108 cm³/mol. The zero-order valence-electron chi connectivity index (χ0n) is 14.9. The molecule has 3 aromatic carbocycles. The molecule has 0 saturated heterocycles. The van der Waals surface area contributed by atoms with Crippen molar-refractivity contribution >= 4 is 28.6 Å². The third-order valence-electron chi connectivity index (χ3n) is 4.18. The summed E-state index contributed by atoms with van der Waals surface area (Å²) in [6.07, 6.45) is 0. The summed E-state index contributed by atoms with van der Waals surface area (Å²) in [5.41, 5.74) is 0.573. The van der Waals surface area contributed by atoms with Crippen molar-refractivity contribution in [2.75, 3.05) is 20.3 Å². The predicted octanol–water partition coefficient (Wildman–Crippen LogP) is 5.05. The molecule has 0 aromatic heterocycles. The molecule has 136 valence electrons. The lowest BCUT2D eigenvalue weighted by Gasteiger charge is -2.19. The minimum absolute atomic E-state index is 0.245. The molecule has 0 radical (unpaired) electrons. The molecule has 4 rings (SSSR count). The van der Waals surface area contributed by atoms with Crippen LogP contribution >= 0.6 is 11.8 Å². The second-order valence-corrected chi connectivity index (χ2v) is 9.01. The smallest absolute Gasteiger partial charge is 0.338 e. The van der Waals surface area contributed by atoms with E-state index >= 15 is 0 Å². The first kappa shape index (κ1) is 18.2. The van der Waals surface area contributed by atoms with Crippen molar-refractivity contribution in [3.63, 3.8) is 0 Å². The molecule has 0 bridgehead atoms. The molecule has 0 spiro atoms. The zero-order chi connectivity index (χ0) is 18.6. The van der Waals surface area contributed by atoms with Gasteiger partial charge in [-0.1, -0.05) is 42.1 Å². The fraction of sp³-hybridized carbons (Fsp3) is 0.136. The Hall–Kier alpha value is -2.21. The molecule has 5 heteroatoms. The molecule has 3 aromatic rings. The molecule has 0 amide bonds. The lowest BCUT2D eigenvalue weighted by Crippen LogP contribution is -2.13. The standard InChI is InChI=1S/C22H19O3S2/c1-24-13-14-25-22(23)16-7-6-8-17(15-16)27-20-11-4-2-9-18(20)26-19-10-3-5-12-21(19)27/h2-12,15H,13-14H2,1H3/q+1. The van der Waals surface area contributed by atoms with Crippen LogP contribution in [0.5, 0.6) is 0 Å². The summed E-state index contributed by atoms with van der Waals surface area (Å²) in [6, 6.07) is 24.8. The third-order valence-corrected chi connectivity index (χ3v) is 7.91. The van der Waals surface area contributed by atoms with E-state index in [9.17, 15) is 4.79 Å². The van der Waals surface area contributed by atoms with E-state index in [1.54, 1.807) is 24.9 Å². The maximum absolute atomic E-state index is 12.4. The molecule has 0 unspecified atom stereocenters. The van der Waals surface area contributed by atoms with Crippen LogP contribution in [0.25, 0.3) is 0 Å². The van der Waals surface area contributed by atoms with Crippen LogP contribution in [0.3, 0.4) is 0 Å². The summed E-state index contributed by atoms with van der Waals surface area (Å²) in [7, 11) is 1.34. The van der Waals surface area contributed by atoms with Gasteiger partial charge in [-0.15, -0.1) is 0 Å². The molecule has 27 heavy (non-hydrogen) atoms. The van der Waals surface area contributed by atoms with Gasteiger partial charge in [-0.05, 0) is 36.4 Å². The van der Waals surface area contributed by atoms with Crippen LogP contribution in [0.1, 0.15) is 10.4 Å². The largest absolute Gasteiger partial charge is 0.460 e. The number of hydrogen-bond acceptors (Lipinski definition) is 4. The Labute approximate surface area is 166 Å². The molecule has 1 aliphatic heterocycles. The highest BCUT2D eigenvalue weighted by molar-refractivity contribution is 8.04. The Morgan fingerprint density at radius 3 is 2.22 bits per heavy atom. The van der Waals surface area contributed by atoms with E-state index in [4.69, 9.17) is 9.47 Å². The summed E-state index contributed by atoms with van der Waals surface area (Å²) in [6.45, 7) is 0.654. The minimum atomic E-state index is -0.314.